The largest absolute Gasteiger partial charge is 0.392 e. The molecule has 1 N–H and O–H groups in total. The summed E-state index contributed by atoms with van der Waals surface area (Å²) in [7, 11) is 0. The molecule has 2 nitrogen and oxygen atoms in total. The number of pyridine rings is 1. The molecule has 1 aromatic rings. The summed E-state index contributed by atoms with van der Waals surface area (Å²) in [4.78, 5) is 3.53. The molecule has 1 heterocycles. The van der Waals surface area contributed by atoms with Crippen molar-refractivity contribution in [3.05, 3.63) is 35.4 Å². The van der Waals surface area contributed by atoms with Gasteiger partial charge in [0.2, 0.25) is 5.95 Å². The van der Waals surface area contributed by atoms with E-state index in [1.807, 2.05) is 0 Å². The van der Waals surface area contributed by atoms with Gasteiger partial charge in [-0.1, -0.05) is 12.2 Å². The lowest BCUT2D eigenvalue weighted by atomic mass is 10.2. The molecule has 64 valence electrons. The topological polar surface area (TPSA) is 33.1 Å². The highest BCUT2D eigenvalue weighted by atomic mass is 19.1. The van der Waals surface area contributed by atoms with Crippen LogP contribution < -0.4 is 0 Å². The van der Waals surface area contributed by atoms with Gasteiger partial charge in [-0.05, 0) is 18.6 Å². The molecule has 0 spiro atoms. The number of aromatic nitrogens is 1. The maximum Gasteiger partial charge on any atom is 0.215 e. The minimum Gasteiger partial charge on any atom is -0.392 e. The maximum atomic E-state index is 12.6. The summed E-state index contributed by atoms with van der Waals surface area (Å²) in [5, 5.41) is 8.47. The Kier molecular flexibility index (Phi) is 2.94. The molecule has 0 amide bonds. The van der Waals surface area contributed by atoms with Crippen molar-refractivity contribution in [3.8, 4) is 0 Å². The van der Waals surface area contributed by atoms with Crippen LogP contribution in [0.2, 0.25) is 0 Å². The van der Waals surface area contributed by atoms with Gasteiger partial charge in [0.15, 0.2) is 0 Å². The van der Waals surface area contributed by atoms with Crippen LogP contribution in [0, 0.1) is 12.9 Å². The first kappa shape index (κ1) is 8.87. The number of halogens is 1. The van der Waals surface area contributed by atoms with Crippen LogP contribution in [-0.4, -0.2) is 16.7 Å². The molecule has 0 aromatic carbocycles. The van der Waals surface area contributed by atoms with E-state index in [1.165, 1.54) is 6.20 Å². The molecular weight excluding hydrogens is 157 g/mol. The van der Waals surface area contributed by atoms with E-state index in [1.54, 1.807) is 25.1 Å². The van der Waals surface area contributed by atoms with E-state index in [2.05, 4.69) is 4.98 Å². The van der Waals surface area contributed by atoms with Crippen LogP contribution in [-0.2, 0) is 0 Å². The number of nitrogens with zero attached hydrogens (tertiary/aromatic N) is 1. The normalized spacial score (nSPS) is 10.9. The van der Waals surface area contributed by atoms with Gasteiger partial charge in [0.25, 0.3) is 0 Å². The first-order valence-corrected chi connectivity index (χ1v) is 3.63. The number of aliphatic hydroxyl groups is 1. The van der Waals surface area contributed by atoms with E-state index in [4.69, 9.17) is 5.11 Å². The summed E-state index contributed by atoms with van der Waals surface area (Å²) in [5.41, 5.74) is 1.30. The second-order valence-corrected chi connectivity index (χ2v) is 2.46. The second-order valence-electron chi connectivity index (χ2n) is 2.46. The minimum absolute atomic E-state index is 0.0174. The minimum atomic E-state index is -0.448. The van der Waals surface area contributed by atoms with Gasteiger partial charge in [-0.25, -0.2) is 4.98 Å². The Morgan fingerprint density at radius 2 is 2.42 bits per heavy atom. The fraction of sp³-hybridized carbons (Fsp3) is 0.222. The molecule has 0 aliphatic heterocycles. The van der Waals surface area contributed by atoms with Gasteiger partial charge in [0, 0.05) is 11.8 Å². The Bertz CT molecular complexity index is 297. The van der Waals surface area contributed by atoms with Crippen LogP contribution >= 0.6 is 0 Å². The number of aliphatic hydroxyl groups excluding tert-OH is 1. The third kappa shape index (κ3) is 2.13. The molecule has 0 radical (unpaired) electrons. The lowest BCUT2D eigenvalue weighted by Gasteiger charge is -1.96. The lowest BCUT2D eigenvalue weighted by Crippen LogP contribution is -1.88. The van der Waals surface area contributed by atoms with Gasteiger partial charge in [0.05, 0.1) is 6.61 Å². The number of hydrogen-bond donors (Lipinski definition) is 1. The van der Waals surface area contributed by atoms with Crippen LogP contribution in [0.15, 0.2) is 18.3 Å². The van der Waals surface area contributed by atoms with Crippen LogP contribution in [0.4, 0.5) is 4.39 Å². The Hall–Kier alpha value is -1.22. The highest BCUT2D eigenvalue weighted by Gasteiger charge is 1.96. The average molecular weight is 167 g/mol. The standard InChI is InChI=1S/C9H10FNO/c1-7-5-8(3-2-4-12)6-11-9(7)10/h2-3,5-6,12H,4H2,1H3. The SMILES string of the molecule is Cc1cc(C=CCO)cnc1F. The van der Waals surface area contributed by atoms with Crippen molar-refractivity contribution in [2.75, 3.05) is 6.61 Å². The summed E-state index contributed by atoms with van der Waals surface area (Å²) in [6.07, 6.45) is 4.70. The molecule has 0 unspecified atom stereocenters. The molecule has 1 aromatic heterocycles. The van der Waals surface area contributed by atoms with Gasteiger partial charge in [-0.2, -0.15) is 4.39 Å². The van der Waals surface area contributed by atoms with Crippen molar-refractivity contribution in [1.82, 2.24) is 4.98 Å². The Labute approximate surface area is 70.4 Å². The summed E-state index contributed by atoms with van der Waals surface area (Å²) in [6, 6.07) is 1.68. The zero-order valence-electron chi connectivity index (χ0n) is 6.79. The molecule has 0 aliphatic carbocycles. The fourth-order valence-electron chi connectivity index (χ4n) is 0.860. The van der Waals surface area contributed by atoms with Crippen LogP contribution in [0.5, 0.6) is 0 Å². The van der Waals surface area contributed by atoms with Gasteiger partial charge in [0.1, 0.15) is 0 Å². The molecule has 12 heavy (non-hydrogen) atoms. The third-order valence-corrected chi connectivity index (χ3v) is 1.45. The van der Waals surface area contributed by atoms with E-state index in [0.29, 0.717) is 5.56 Å². The van der Waals surface area contributed by atoms with Gasteiger partial charge >= 0.3 is 0 Å². The summed E-state index contributed by atoms with van der Waals surface area (Å²) >= 11 is 0. The number of hydrogen-bond acceptors (Lipinski definition) is 2. The average Bonchev–Trinajstić information content (AvgIpc) is 2.07. The number of aryl methyl sites for hydroxylation is 1. The summed E-state index contributed by atoms with van der Waals surface area (Å²) < 4.78 is 12.6. The highest BCUT2D eigenvalue weighted by molar-refractivity contribution is 5.48. The molecule has 0 saturated carbocycles. The Morgan fingerprint density at radius 1 is 1.67 bits per heavy atom. The Morgan fingerprint density at radius 3 is 3.00 bits per heavy atom. The van der Waals surface area contributed by atoms with Crippen molar-refractivity contribution in [2.24, 2.45) is 0 Å². The molecule has 0 fully saturated rings. The number of rotatable bonds is 2. The van der Waals surface area contributed by atoms with Crippen molar-refractivity contribution in [1.29, 1.82) is 0 Å². The molecule has 0 saturated heterocycles. The van der Waals surface area contributed by atoms with Gasteiger partial charge in [-0.3, -0.25) is 0 Å². The van der Waals surface area contributed by atoms with E-state index in [9.17, 15) is 4.39 Å². The molecule has 0 bridgehead atoms. The van der Waals surface area contributed by atoms with E-state index >= 15 is 0 Å². The van der Waals surface area contributed by atoms with Crippen molar-refractivity contribution >= 4 is 6.08 Å². The second kappa shape index (κ2) is 3.97. The quantitative estimate of drug-likeness (QED) is 0.677. The summed E-state index contributed by atoms with van der Waals surface area (Å²) in [6.45, 7) is 1.63. The monoisotopic (exact) mass is 167 g/mol. The van der Waals surface area contributed by atoms with Gasteiger partial charge in [-0.15, -0.1) is 0 Å². The molecule has 3 heteroatoms. The smallest absolute Gasteiger partial charge is 0.215 e. The van der Waals surface area contributed by atoms with Crippen LogP contribution in [0.25, 0.3) is 6.08 Å². The molecule has 0 aliphatic rings. The van der Waals surface area contributed by atoms with Crippen molar-refractivity contribution < 1.29 is 9.50 Å². The van der Waals surface area contributed by atoms with Gasteiger partial charge < -0.3 is 5.11 Å². The predicted octanol–water partition coefficient (Wildman–Crippen LogP) is 1.53. The zero-order chi connectivity index (χ0) is 8.97. The lowest BCUT2D eigenvalue weighted by molar-refractivity contribution is 0.343. The third-order valence-electron chi connectivity index (χ3n) is 1.45. The van der Waals surface area contributed by atoms with Crippen molar-refractivity contribution in [2.45, 2.75) is 6.92 Å². The molecule has 1 rings (SSSR count). The van der Waals surface area contributed by atoms with Crippen LogP contribution in [0.1, 0.15) is 11.1 Å². The maximum absolute atomic E-state index is 12.6. The zero-order valence-corrected chi connectivity index (χ0v) is 6.79. The highest BCUT2D eigenvalue weighted by Crippen LogP contribution is 2.06. The van der Waals surface area contributed by atoms with E-state index in [0.717, 1.165) is 5.56 Å². The first-order chi connectivity index (χ1) is 5.74. The van der Waals surface area contributed by atoms with Crippen molar-refractivity contribution in [3.63, 3.8) is 0 Å². The fourth-order valence-corrected chi connectivity index (χ4v) is 0.860. The van der Waals surface area contributed by atoms with E-state index < -0.39 is 5.95 Å². The Balaban J connectivity index is 2.89. The molecule has 0 atom stereocenters. The van der Waals surface area contributed by atoms with Crippen LogP contribution in [0.3, 0.4) is 0 Å². The molecular formula is C9H10FNO. The predicted molar refractivity (Wildman–Crippen MR) is 45.1 cm³/mol. The first-order valence-electron chi connectivity index (χ1n) is 3.63. The summed E-state index contributed by atoms with van der Waals surface area (Å²) in [5.74, 6) is -0.448. The van der Waals surface area contributed by atoms with E-state index in [-0.39, 0.29) is 6.61 Å².